The molecular weight excluding hydrogens is 265 g/mol. The lowest BCUT2D eigenvalue weighted by Gasteiger charge is -2.26. The molecule has 0 aliphatic heterocycles. The average molecular weight is 283 g/mol. The maximum absolute atomic E-state index is 12.9. The zero-order valence-electron chi connectivity index (χ0n) is 10.9. The highest BCUT2D eigenvalue weighted by Gasteiger charge is 2.33. The Labute approximate surface area is 116 Å². The van der Waals surface area contributed by atoms with Crippen molar-refractivity contribution < 1.29 is 14.3 Å². The molecule has 1 aromatic carbocycles. The minimum atomic E-state index is -0.551. The van der Waals surface area contributed by atoms with Gasteiger partial charge >= 0.3 is 0 Å². The molecule has 19 heavy (non-hydrogen) atoms. The van der Waals surface area contributed by atoms with E-state index in [1.165, 1.54) is 25.0 Å². The molecule has 1 saturated carbocycles. The van der Waals surface area contributed by atoms with Crippen LogP contribution in [0.4, 0.5) is 4.39 Å². The molecule has 1 aliphatic rings. The minimum Gasteiger partial charge on any atom is -0.507 e. The number of hydrogen-bond acceptors (Lipinski definition) is 3. The third kappa shape index (κ3) is 3.21. The van der Waals surface area contributed by atoms with Crippen molar-refractivity contribution in [3.8, 4) is 5.75 Å². The number of benzene rings is 1. The average Bonchev–Trinajstić information content (AvgIpc) is 2.85. The SMILES string of the molecule is CSC1(CNC(=O)c2ccc(F)cc2O)CCCC1. The standard InChI is InChI=1S/C14H18FNO2S/c1-19-14(6-2-3-7-14)9-16-13(18)11-5-4-10(15)8-12(11)17/h4-5,8,17H,2-3,6-7,9H2,1H3,(H,16,18). The molecule has 1 fully saturated rings. The maximum atomic E-state index is 12.9. The zero-order valence-corrected chi connectivity index (χ0v) is 11.7. The lowest BCUT2D eigenvalue weighted by molar-refractivity contribution is 0.0947. The van der Waals surface area contributed by atoms with E-state index in [2.05, 4.69) is 11.6 Å². The molecule has 2 N–H and O–H groups in total. The number of halogens is 1. The first-order valence-electron chi connectivity index (χ1n) is 6.38. The van der Waals surface area contributed by atoms with Crippen LogP contribution < -0.4 is 5.32 Å². The first-order chi connectivity index (χ1) is 9.06. The first-order valence-corrected chi connectivity index (χ1v) is 7.61. The Morgan fingerprint density at radius 1 is 1.47 bits per heavy atom. The normalized spacial score (nSPS) is 17.4. The number of nitrogens with one attached hydrogen (secondary N) is 1. The lowest BCUT2D eigenvalue weighted by Crippen LogP contribution is -2.38. The number of aromatic hydroxyl groups is 1. The molecule has 104 valence electrons. The van der Waals surface area contributed by atoms with E-state index in [1.807, 2.05) is 0 Å². The van der Waals surface area contributed by atoms with Gasteiger partial charge in [-0.15, -0.1) is 0 Å². The van der Waals surface area contributed by atoms with Gasteiger partial charge in [0.1, 0.15) is 11.6 Å². The Hall–Kier alpha value is -1.23. The second-order valence-electron chi connectivity index (χ2n) is 4.94. The molecule has 0 saturated heterocycles. The molecule has 0 radical (unpaired) electrons. The highest BCUT2D eigenvalue weighted by molar-refractivity contribution is 8.00. The molecule has 0 unspecified atom stereocenters. The summed E-state index contributed by atoms with van der Waals surface area (Å²) in [6.07, 6.45) is 6.65. The monoisotopic (exact) mass is 283 g/mol. The summed E-state index contributed by atoms with van der Waals surface area (Å²) in [6, 6.07) is 3.43. The minimum absolute atomic E-state index is 0.116. The van der Waals surface area contributed by atoms with E-state index in [0.717, 1.165) is 18.9 Å². The molecule has 0 bridgehead atoms. The van der Waals surface area contributed by atoms with Crippen molar-refractivity contribution in [3.63, 3.8) is 0 Å². The summed E-state index contributed by atoms with van der Waals surface area (Å²) in [5, 5.41) is 12.4. The van der Waals surface area contributed by atoms with E-state index in [9.17, 15) is 14.3 Å². The maximum Gasteiger partial charge on any atom is 0.255 e. The summed E-state index contributed by atoms with van der Waals surface area (Å²) in [7, 11) is 0. The van der Waals surface area contributed by atoms with E-state index in [-0.39, 0.29) is 22.0 Å². The van der Waals surface area contributed by atoms with Crippen LogP contribution in [0.5, 0.6) is 5.75 Å². The van der Waals surface area contributed by atoms with E-state index in [1.54, 1.807) is 11.8 Å². The highest BCUT2D eigenvalue weighted by atomic mass is 32.2. The molecular formula is C14H18FNO2S. The summed E-state index contributed by atoms with van der Waals surface area (Å²) in [5.74, 6) is -1.22. The smallest absolute Gasteiger partial charge is 0.255 e. The molecule has 5 heteroatoms. The Morgan fingerprint density at radius 3 is 2.74 bits per heavy atom. The van der Waals surface area contributed by atoms with Crippen molar-refractivity contribution in [1.29, 1.82) is 0 Å². The number of phenols is 1. The Bertz CT molecular complexity index is 473. The van der Waals surface area contributed by atoms with Gasteiger partial charge in [-0.3, -0.25) is 4.79 Å². The summed E-state index contributed by atoms with van der Waals surface area (Å²) >= 11 is 1.79. The second kappa shape index (κ2) is 5.82. The van der Waals surface area contributed by atoms with Crippen LogP contribution in [0.25, 0.3) is 0 Å². The zero-order chi connectivity index (χ0) is 13.9. The summed E-state index contributed by atoms with van der Waals surface area (Å²) in [6.45, 7) is 0.587. The van der Waals surface area contributed by atoms with Crippen molar-refractivity contribution >= 4 is 17.7 Å². The van der Waals surface area contributed by atoms with Gasteiger partial charge in [-0.2, -0.15) is 11.8 Å². The lowest BCUT2D eigenvalue weighted by atomic mass is 10.1. The number of hydrogen-bond donors (Lipinski definition) is 2. The summed E-state index contributed by atoms with van der Waals surface area (Å²) in [5.41, 5.74) is 0.121. The third-order valence-electron chi connectivity index (χ3n) is 3.72. The molecule has 1 amide bonds. The van der Waals surface area contributed by atoms with Gasteiger partial charge in [0.15, 0.2) is 0 Å². The largest absolute Gasteiger partial charge is 0.507 e. The van der Waals surface area contributed by atoms with Crippen LogP contribution in [0.2, 0.25) is 0 Å². The van der Waals surface area contributed by atoms with Gasteiger partial charge in [-0.1, -0.05) is 12.8 Å². The second-order valence-corrected chi connectivity index (χ2v) is 6.21. The summed E-state index contributed by atoms with van der Waals surface area (Å²) < 4.78 is 13.0. The molecule has 2 rings (SSSR count). The van der Waals surface area contributed by atoms with Crippen LogP contribution in [0.15, 0.2) is 18.2 Å². The van der Waals surface area contributed by atoms with Crippen LogP contribution in [0.1, 0.15) is 36.0 Å². The highest BCUT2D eigenvalue weighted by Crippen LogP contribution is 2.39. The van der Waals surface area contributed by atoms with Crippen molar-refractivity contribution in [3.05, 3.63) is 29.6 Å². The Balaban J connectivity index is 2.01. The van der Waals surface area contributed by atoms with E-state index in [4.69, 9.17) is 0 Å². The molecule has 0 spiro atoms. The van der Waals surface area contributed by atoms with Crippen molar-refractivity contribution in [2.75, 3.05) is 12.8 Å². The van der Waals surface area contributed by atoms with Crippen LogP contribution >= 0.6 is 11.8 Å². The summed E-state index contributed by atoms with van der Waals surface area (Å²) in [4.78, 5) is 12.0. The van der Waals surface area contributed by atoms with E-state index < -0.39 is 5.82 Å². The number of rotatable bonds is 4. The van der Waals surface area contributed by atoms with Crippen molar-refractivity contribution in [1.82, 2.24) is 5.32 Å². The third-order valence-corrected chi connectivity index (χ3v) is 5.14. The topological polar surface area (TPSA) is 49.3 Å². The Kier molecular flexibility index (Phi) is 4.34. The quantitative estimate of drug-likeness (QED) is 0.893. The molecule has 1 aliphatic carbocycles. The molecule has 1 aromatic rings. The molecule has 0 aromatic heterocycles. The number of carbonyl (C=O) groups excluding carboxylic acids is 1. The van der Waals surface area contributed by atoms with Crippen LogP contribution in [-0.2, 0) is 0 Å². The fourth-order valence-corrected chi connectivity index (χ4v) is 3.42. The van der Waals surface area contributed by atoms with Gasteiger partial charge in [0.2, 0.25) is 0 Å². The van der Waals surface area contributed by atoms with Crippen LogP contribution in [-0.4, -0.2) is 28.6 Å². The van der Waals surface area contributed by atoms with Gasteiger partial charge in [-0.25, -0.2) is 4.39 Å². The predicted octanol–water partition coefficient (Wildman–Crippen LogP) is 2.94. The molecule has 0 heterocycles. The predicted molar refractivity (Wildman–Crippen MR) is 75.1 cm³/mol. The van der Waals surface area contributed by atoms with Crippen molar-refractivity contribution in [2.24, 2.45) is 0 Å². The fraction of sp³-hybridized carbons (Fsp3) is 0.500. The fourth-order valence-electron chi connectivity index (χ4n) is 2.51. The number of thioether (sulfide) groups is 1. The molecule has 0 atom stereocenters. The Morgan fingerprint density at radius 2 is 2.16 bits per heavy atom. The van der Waals surface area contributed by atoms with E-state index in [0.29, 0.717) is 6.54 Å². The van der Waals surface area contributed by atoms with Crippen LogP contribution in [0.3, 0.4) is 0 Å². The van der Waals surface area contributed by atoms with Gasteiger partial charge in [-0.05, 0) is 31.2 Å². The first kappa shape index (κ1) is 14.2. The van der Waals surface area contributed by atoms with Gasteiger partial charge in [0, 0.05) is 17.4 Å². The number of phenolic OH excluding ortho intramolecular Hbond substituents is 1. The van der Waals surface area contributed by atoms with Gasteiger partial charge < -0.3 is 10.4 Å². The number of amides is 1. The molecule has 3 nitrogen and oxygen atoms in total. The van der Waals surface area contributed by atoms with Crippen LogP contribution in [0, 0.1) is 5.82 Å². The van der Waals surface area contributed by atoms with Crippen molar-refractivity contribution in [2.45, 2.75) is 30.4 Å². The number of carbonyl (C=O) groups is 1. The van der Waals surface area contributed by atoms with Gasteiger partial charge in [0.05, 0.1) is 5.56 Å². The van der Waals surface area contributed by atoms with Gasteiger partial charge in [0.25, 0.3) is 5.91 Å². The van der Waals surface area contributed by atoms with E-state index >= 15 is 0 Å².